The average molecular weight is 242 g/mol. The number of nitrogens with zero attached hydrogens (tertiary/aromatic N) is 1. The number of carbonyl (C=O) groups excluding carboxylic acids is 1. The van der Waals surface area contributed by atoms with Gasteiger partial charge in [-0.2, -0.15) is 0 Å². The fraction of sp³-hybridized carbons (Fsp3) is 0.923. The Labute approximate surface area is 105 Å². The van der Waals surface area contributed by atoms with E-state index in [-0.39, 0.29) is 11.4 Å². The average Bonchev–Trinajstić information content (AvgIpc) is 2.57. The van der Waals surface area contributed by atoms with E-state index >= 15 is 0 Å². The highest BCUT2D eigenvalue weighted by Gasteiger charge is 2.40. The third kappa shape index (κ3) is 3.96. The van der Waals surface area contributed by atoms with Crippen LogP contribution in [0.2, 0.25) is 0 Å². The zero-order chi connectivity index (χ0) is 12.9. The van der Waals surface area contributed by atoms with Crippen LogP contribution in [0.15, 0.2) is 0 Å². The van der Waals surface area contributed by atoms with Crippen molar-refractivity contribution in [3.05, 3.63) is 0 Å². The van der Waals surface area contributed by atoms with Gasteiger partial charge in [-0.15, -0.1) is 0 Å². The molecule has 0 aromatic carbocycles. The van der Waals surface area contributed by atoms with Gasteiger partial charge in [0.15, 0.2) is 0 Å². The smallest absolute Gasteiger partial charge is 0.243 e. The van der Waals surface area contributed by atoms with E-state index in [1.54, 1.807) is 0 Å². The first-order valence-corrected chi connectivity index (χ1v) is 6.61. The van der Waals surface area contributed by atoms with Gasteiger partial charge in [-0.1, -0.05) is 20.8 Å². The molecule has 4 heteroatoms. The van der Waals surface area contributed by atoms with Crippen molar-refractivity contribution in [2.45, 2.75) is 46.1 Å². The maximum atomic E-state index is 12.0. The third-order valence-corrected chi connectivity index (χ3v) is 3.47. The van der Waals surface area contributed by atoms with Crippen LogP contribution in [0, 0.1) is 5.92 Å². The topological polar surface area (TPSA) is 41.6 Å². The molecule has 1 N–H and O–H groups in total. The lowest BCUT2D eigenvalue weighted by atomic mass is 9.99. The van der Waals surface area contributed by atoms with E-state index in [0.29, 0.717) is 25.7 Å². The molecule has 0 spiro atoms. The summed E-state index contributed by atoms with van der Waals surface area (Å²) < 4.78 is 5.53. The molecule has 100 valence electrons. The van der Waals surface area contributed by atoms with Crippen LogP contribution in [0.5, 0.6) is 0 Å². The Morgan fingerprint density at radius 1 is 1.47 bits per heavy atom. The second kappa shape index (κ2) is 6.36. The van der Waals surface area contributed by atoms with Gasteiger partial charge in [-0.05, 0) is 25.7 Å². The lowest BCUT2D eigenvalue weighted by Gasteiger charge is -2.20. The molecule has 0 bridgehead atoms. The zero-order valence-electron chi connectivity index (χ0n) is 11.6. The van der Waals surface area contributed by atoms with Crippen molar-refractivity contribution >= 4 is 5.91 Å². The molecule has 1 fully saturated rings. The lowest BCUT2D eigenvalue weighted by molar-refractivity contribution is -0.132. The van der Waals surface area contributed by atoms with E-state index in [1.807, 2.05) is 18.7 Å². The number of carbonyl (C=O) groups is 1. The molecule has 1 rings (SSSR count). The highest BCUT2D eigenvalue weighted by Crippen LogP contribution is 2.18. The van der Waals surface area contributed by atoms with Crippen LogP contribution in [-0.2, 0) is 9.53 Å². The van der Waals surface area contributed by atoms with Gasteiger partial charge < -0.3 is 9.64 Å². The highest BCUT2D eigenvalue weighted by atomic mass is 16.5. The molecule has 1 atom stereocenters. The van der Waals surface area contributed by atoms with Gasteiger partial charge in [0.1, 0.15) is 0 Å². The minimum atomic E-state index is -0.363. The van der Waals surface area contributed by atoms with E-state index in [9.17, 15) is 4.79 Å². The van der Waals surface area contributed by atoms with Crippen LogP contribution in [0.4, 0.5) is 0 Å². The van der Waals surface area contributed by atoms with Crippen molar-refractivity contribution in [1.82, 2.24) is 10.2 Å². The fourth-order valence-electron chi connectivity index (χ4n) is 1.82. The summed E-state index contributed by atoms with van der Waals surface area (Å²) in [6.07, 6.45) is 1.91. The second-order valence-electron chi connectivity index (χ2n) is 5.38. The number of hydrogen-bond donors (Lipinski definition) is 1. The Kier molecular flexibility index (Phi) is 5.40. The van der Waals surface area contributed by atoms with Crippen LogP contribution in [0.1, 0.15) is 40.5 Å². The molecule has 17 heavy (non-hydrogen) atoms. The summed E-state index contributed by atoms with van der Waals surface area (Å²) >= 11 is 0. The molecule has 1 amide bonds. The van der Waals surface area contributed by atoms with Crippen LogP contribution in [0.25, 0.3) is 0 Å². The quantitative estimate of drug-likeness (QED) is 0.690. The SMILES string of the molecule is CCC1(C)NCN(CCOCCC(C)C)C1=O. The fourth-order valence-corrected chi connectivity index (χ4v) is 1.82. The number of hydrogen-bond acceptors (Lipinski definition) is 3. The van der Waals surface area contributed by atoms with Crippen LogP contribution >= 0.6 is 0 Å². The van der Waals surface area contributed by atoms with Crippen molar-refractivity contribution in [2.75, 3.05) is 26.4 Å². The molecule has 0 aromatic heterocycles. The largest absolute Gasteiger partial charge is 0.380 e. The standard InChI is InChI=1S/C13H26N2O2/c1-5-13(4)12(16)15(10-14-13)7-9-17-8-6-11(2)3/h11,14H,5-10H2,1-4H3. The molecule has 1 unspecified atom stereocenters. The minimum Gasteiger partial charge on any atom is -0.380 e. The Morgan fingerprint density at radius 3 is 2.71 bits per heavy atom. The molecular weight excluding hydrogens is 216 g/mol. The third-order valence-electron chi connectivity index (χ3n) is 3.47. The van der Waals surface area contributed by atoms with Crippen molar-refractivity contribution in [3.8, 4) is 0 Å². The summed E-state index contributed by atoms with van der Waals surface area (Å²) in [5, 5.41) is 3.26. The first-order chi connectivity index (χ1) is 7.99. The van der Waals surface area contributed by atoms with E-state index in [1.165, 1.54) is 0 Å². The summed E-state index contributed by atoms with van der Waals surface area (Å²) in [4.78, 5) is 13.9. The Morgan fingerprint density at radius 2 is 2.18 bits per heavy atom. The Balaban J connectivity index is 2.19. The molecular formula is C13H26N2O2. The van der Waals surface area contributed by atoms with Crippen molar-refractivity contribution < 1.29 is 9.53 Å². The maximum Gasteiger partial charge on any atom is 0.243 e. The van der Waals surface area contributed by atoms with Gasteiger partial charge in [0.2, 0.25) is 5.91 Å². The molecule has 4 nitrogen and oxygen atoms in total. The molecule has 1 aliphatic heterocycles. The molecule has 0 radical (unpaired) electrons. The molecule has 1 heterocycles. The molecule has 1 saturated heterocycles. The lowest BCUT2D eigenvalue weighted by Crippen LogP contribution is -2.43. The van der Waals surface area contributed by atoms with Crippen LogP contribution in [0.3, 0.4) is 0 Å². The van der Waals surface area contributed by atoms with Crippen molar-refractivity contribution in [3.63, 3.8) is 0 Å². The number of rotatable bonds is 7. The van der Waals surface area contributed by atoms with E-state index < -0.39 is 0 Å². The van der Waals surface area contributed by atoms with Gasteiger partial charge >= 0.3 is 0 Å². The summed E-state index contributed by atoms with van der Waals surface area (Å²) in [5.41, 5.74) is -0.363. The Bertz CT molecular complexity index is 256. The van der Waals surface area contributed by atoms with E-state index in [4.69, 9.17) is 4.74 Å². The summed E-state index contributed by atoms with van der Waals surface area (Å²) in [5.74, 6) is 0.876. The number of ether oxygens (including phenoxy) is 1. The van der Waals surface area contributed by atoms with Crippen LogP contribution in [-0.4, -0.2) is 42.8 Å². The summed E-state index contributed by atoms with van der Waals surface area (Å²) in [6.45, 7) is 11.1. The van der Waals surface area contributed by atoms with Gasteiger partial charge in [0.25, 0.3) is 0 Å². The zero-order valence-corrected chi connectivity index (χ0v) is 11.6. The van der Waals surface area contributed by atoms with E-state index in [0.717, 1.165) is 19.4 Å². The molecule has 0 aliphatic carbocycles. The predicted molar refractivity (Wildman–Crippen MR) is 68.7 cm³/mol. The normalized spacial score (nSPS) is 25.0. The van der Waals surface area contributed by atoms with Crippen molar-refractivity contribution in [2.24, 2.45) is 5.92 Å². The summed E-state index contributed by atoms with van der Waals surface area (Å²) in [6, 6.07) is 0. The van der Waals surface area contributed by atoms with Crippen LogP contribution < -0.4 is 5.32 Å². The van der Waals surface area contributed by atoms with Crippen molar-refractivity contribution in [1.29, 1.82) is 0 Å². The molecule has 0 aromatic rings. The minimum absolute atomic E-state index is 0.201. The molecule has 1 aliphatic rings. The second-order valence-corrected chi connectivity index (χ2v) is 5.38. The predicted octanol–water partition coefficient (Wildman–Crippen LogP) is 1.61. The number of nitrogens with one attached hydrogen (secondary N) is 1. The first-order valence-electron chi connectivity index (χ1n) is 6.61. The van der Waals surface area contributed by atoms with E-state index in [2.05, 4.69) is 19.2 Å². The first kappa shape index (κ1) is 14.5. The summed E-state index contributed by atoms with van der Waals surface area (Å²) in [7, 11) is 0. The van der Waals surface area contributed by atoms with Gasteiger partial charge in [0.05, 0.1) is 18.8 Å². The maximum absolute atomic E-state index is 12.0. The highest BCUT2D eigenvalue weighted by molar-refractivity contribution is 5.87. The van der Waals surface area contributed by atoms with Gasteiger partial charge in [0, 0.05) is 13.2 Å². The van der Waals surface area contributed by atoms with Gasteiger partial charge in [-0.25, -0.2) is 0 Å². The number of amides is 1. The monoisotopic (exact) mass is 242 g/mol. The molecule has 0 saturated carbocycles. The Hall–Kier alpha value is -0.610. The van der Waals surface area contributed by atoms with Gasteiger partial charge in [-0.3, -0.25) is 10.1 Å².